The predicted octanol–water partition coefficient (Wildman–Crippen LogP) is 0.559. The number of carbonyl (C=O) groups excluding carboxylic acids is 1. The van der Waals surface area contributed by atoms with Crippen LogP contribution in [0.4, 0.5) is 0 Å². The number of fused-ring (bicyclic) bond motifs is 1. The molecule has 0 aromatic heterocycles. The Morgan fingerprint density at radius 1 is 1.54 bits per heavy atom. The van der Waals surface area contributed by atoms with Crippen molar-refractivity contribution in [1.82, 2.24) is 10.2 Å². The van der Waals surface area contributed by atoms with E-state index in [1.165, 1.54) is 0 Å². The number of nitrogens with one attached hydrogen (secondary N) is 1. The average molecular weight is 203 g/mol. The molecule has 74 valence electrons. The molecule has 0 bridgehead atoms. The van der Waals surface area contributed by atoms with Gasteiger partial charge in [-0.3, -0.25) is 4.79 Å². The molecule has 2 rings (SSSR count). The molecule has 2 aliphatic rings. The summed E-state index contributed by atoms with van der Waals surface area (Å²) >= 11 is 0. The number of halogens is 1. The van der Waals surface area contributed by atoms with Gasteiger partial charge in [-0.15, -0.1) is 12.4 Å². The topological polar surface area (TPSA) is 32.3 Å². The number of rotatable bonds is 0. The second-order valence-corrected chi connectivity index (χ2v) is 3.50. The van der Waals surface area contributed by atoms with Gasteiger partial charge in [0.25, 0.3) is 0 Å². The van der Waals surface area contributed by atoms with Crippen molar-refractivity contribution in [2.45, 2.75) is 18.9 Å². The largest absolute Gasteiger partial charge is 0.333 e. The van der Waals surface area contributed by atoms with Gasteiger partial charge in [0.1, 0.15) is 0 Å². The summed E-state index contributed by atoms with van der Waals surface area (Å²) in [5.41, 5.74) is 0.785. The lowest BCUT2D eigenvalue weighted by Gasteiger charge is -2.40. The van der Waals surface area contributed by atoms with E-state index in [9.17, 15) is 4.79 Å². The van der Waals surface area contributed by atoms with E-state index >= 15 is 0 Å². The van der Waals surface area contributed by atoms with E-state index in [-0.39, 0.29) is 18.3 Å². The van der Waals surface area contributed by atoms with E-state index in [0.717, 1.165) is 38.0 Å². The van der Waals surface area contributed by atoms with Crippen LogP contribution in [0.5, 0.6) is 0 Å². The molecule has 1 amide bonds. The van der Waals surface area contributed by atoms with Crippen LogP contribution in [0, 0.1) is 0 Å². The summed E-state index contributed by atoms with van der Waals surface area (Å²) in [6.45, 7) is 6.51. The Bertz CT molecular complexity index is 230. The summed E-state index contributed by atoms with van der Waals surface area (Å²) in [7, 11) is 0. The van der Waals surface area contributed by atoms with Crippen LogP contribution >= 0.6 is 12.4 Å². The van der Waals surface area contributed by atoms with Gasteiger partial charge in [0, 0.05) is 31.2 Å². The van der Waals surface area contributed by atoms with Crippen LogP contribution in [0.2, 0.25) is 0 Å². The zero-order valence-corrected chi connectivity index (χ0v) is 8.40. The van der Waals surface area contributed by atoms with Crippen molar-refractivity contribution in [3.63, 3.8) is 0 Å². The van der Waals surface area contributed by atoms with E-state index in [2.05, 4.69) is 11.9 Å². The Balaban J connectivity index is 0.000000845. The fourth-order valence-corrected chi connectivity index (χ4v) is 1.94. The van der Waals surface area contributed by atoms with E-state index in [1.54, 1.807) is 0 Å². The van der Waals surface area contributed by atoms with Crippen LogP contribution in [-0.2, 0) is 4.79 Å². The highest BCUT2D eigenvalue weighted by molar-refractivity contribution is 5.93. The molecule has 0 aliphatic carbocycles. The first-order chi connectivity index (χ1) is 5.79. The van der Waals surface area contributed by atoms with E-state index in [1.807, 2.05) is 4.90 Å². The van der Waals surface area contributed by atoms with Gasteiger partial charge in [-0.1, -0.05) is 6.58 Å². The summed E-state index contributed by atoms with van der Waals surface area (Å²) in [6.07, 6.45) is 1.96. The van der Waals surface area contributed by atoms with Crippen molar-refractivity contribution in [3.05, 3.63) is 12.2 Å². The summed E-state index contributed by atoms with van der Waals surface area (Å²) < 4.78 is 0. The van der Waals surface area contributed by atoms with Crippen LogP contribution in [0.1, 0.15) is 12.8 Å². The van der Waals surface area contributed by atoms with Gasteiger partial charge in [-0.25, -0.2) is 0 Å². The molecule has 3 nitrogen and oxygen atoms in total. The lowest BCUT2D eigenvalue weighted by molar-refractivity contribution is -0.132. The van der Waals surface area contributed by atoms with Crippen molar-refractivity contribution in [3.8, 4) is 0 Å². The van der Waals surface area contributed by atoms with Gasteiger partial charge in [0.2, 0.25) is 5.91 Å². The molecule has 4 heteroatoms. The standard InChI is InChI=1S/C9H14N2O.ClH/c1-7-2-3-8-6-10-4-5-11(8)9(7)12;/h8,10H,1-6H2;1H. The number of piperidine rings is 1. The third-order valence-electron chi connectivity index (χ3n) is 2.69. The molecule has 2 aliphatic heterocycles. The minimum Gasteiger partial charge on any atom is -0.333 e. The monoisotopic (exact) mass is 202 g/mol. The lowest BCUT2D eigenvalue weighted by atomic mass is 9.97. The van der Waals surface area contributed by atoms with Gasteiger partial charge in [0.05, 0.1) is 0 Å². The molecular weight excluding hydrogens is 188 g/mol. The molecule has 0 spiro atoms. The van der Waals surface area contributed by atoms with Crippen LogP contribution in [0.25, 0.3) is 0 Å². The van der Waals surface area contributed by atoms with Crippen molar-refractivity contribution in [2.75, 3.05) is 19.6 Å². The van der Waals surface area contributed by atoms with E-state index in [0.29, 0.717) is 6.04 Å². The molecule has 1 atom stereocenters. The first-order valence-electron chi connectivity index (χ1n) is 4.48. The summed E-state index contributed by atoms with van der Waals surface area (Å²) in [4.78, 5) is 13.5. The minimum atomic E-state index is 0. The van der Waals surface area contributed by atoms with Crippen molar-refractivity contribution >= 4 is 18.3 Å². The fraction of sp³-hybridized carbons (Fsp3) is 0.667. The SMILES string of the molecule is C=C1CCC2CNCCN2C1=O.Cl. The zero-order chi connectivity index (χ0) is 8.55. The highest BCUT2D eigenvalue weighted by atomic mass is 35.5. The molecule has 0 aromatic carbocycles. The van der Waals surface area contributed by atoms with Crippen molar-refractivity contribution in [1.29, 1.82) is 0 Å². The van der Waals surface area contributed by atoms with Gasteiger partial charge in [-0.05, 0) is 12.8 Å². The summed E-state index contributed by atoms with van der Waals surface area (Å²) in [5, 5.41) is 3.30. The Hall–Kier alpha value is -0.540. The number of hydrogen-bond acceptors (Lipinski definition) is 2. The molecule has 2 saturated heterocycles. The lowest BCUT2D eigenvalue weighted by Crippen LogP contribution is -2.55. The zero-order valence-electron chi connectivity index (χ0n) is 7.58. The fourth-order valence-electron chi connectivity index (χ4n) is 1.94. The number of hydrogen-bond donors (Lipinski definition) is 1. The van der Waals surface area contributed by atoms with Gasteiger partial charge in [0.15, 0.2) is 0 Å². The quantitative estimate of drug-likeness (QED) is 0.583. The third-order valence-corrected chi connectivity index (χ3v) is 2.69. The smallest absolute Gasteiger partial charge is 0.249 e. The van der Waals surface area contributed by atoms with Crippen molar-refractivity contribution < 1.29 is 4.79 Å². The molecule has 13 heavy (non-hydrogen) atoms. The predicted molar refractivity (Wildman–Crippen MR) is 54.0 cm³/mol. The average Bonchev–Trinajstić information content (AvgIpc) is 2.12. The van der Waals surface area contributed by atoms with E-state index in [4.69, 9.17) is 0 Å². The van der Waals surface area contributed by atoms with Crippen molar-refractivity contribution in [2.24, 2.45) is 0 Å². The maximum absolute atomic E-state index is 11.6. The Labute approximate surface area is 84.6 Å². The van der Waals surface area contributed by atoms with Crippen LogP contribution in [0.15, 0.2) is 12.2 Å². The molecular formula is C9H15ClN2O. The molecule has 0 radical (unpaired) electrons. The number of piperazine rings is 1. The molecule has 0 saturated carbocycles. The van der Waals surface area contributed by atoms with Gasteiger partial charge < -0.3 is 10.2 Å². The highest BCUT2D eigenvalue weighted by Crippen LogP contribution is 2.22. The number of nitrogens with zero attached hydrogens (tertiary/aromatic N) is 1. The molecule has 2 fully saturated rings. The number of amides is 1. The van der Waals surface area contributed by atoms with Crippen LogP contribution in [0.3, 0.4) is 0 Å². The van der Waals surface area contributed by atoms with Gasteiger partial charge >= 0.3 is 0 Å². The Morgan fingerprint density at radius 2 is 2.31 bits per heavy atom. The van der Waals surface area contributed by atoms with E-state index < -0.39 is 0 Å². The third kappa shape index (κ3) is 1.86. The Kier molecular flexibility index (Phi) is 3.33. The second-order valence-electron chi connectivity index (χ2n) is 3.50. The van der Waals surface area contributed by atoms with Crippen LogP contribution < -0.4 is 5.32 Å². The summed E-state index contributed by atoms with van der Waals surface area (Å²) in [6, 6.07) is 0.428. The maximum Gasteiger partial charge on any atom is 0.249 e. The van der Waals surface area contributed by atoms with Gasteiger partial charge in [-0.2, -0.15) is 0 Å². The minimum absolute atomic E-state index is 0. The second kappa shape index (κ2) is 4.11. The molecule has 2 heterocycles. The van der Waals surface area contributed by atoms with Crippen LogP contribution in [-0.4, -0.2) is 36.5 Å². The Morgan fingerprint density at radius 3 is 3.08 bits per heavy atom. The first-order valence-corrected chi connectivity index (χ1v) is 4.48. The highest BCUT2D eigenvalue weighted by Gasteiger charge is 2.31. The molecule has 1 N–H and O–H groups in total. The first kappa shape index (κ1) is 10.5. The summed E-state index contributed by atoms with van der Waals surface area (Å²) in [5.74, 6) is 0.174. The molecule has 1 unspecified atom stereocenters. The number of carbonyl (C=O) groups is 1. The molecule has 0 aromatic rings. The normalized spacial score (nSPS) is 28.0. The maximum atomic E-state index is 11.6.